The maximum absolute atomic E-state index is 12.4. The third-order valence-electron chi connectivity index (χ3n) is 2.82. The van der Waals surface area contributed by atoms with E-state index in [1.165, 1.54) is 13.2 Å². The Hall–Kier alpha value is -1.41. The Kier molecular flexibility index (Phi) is 8.25. The fourth-order valence-electron chi connectivity index (χ4n) is 1.66. The highest BCUT2D eigenvalue weighted by Gasteiger charge is 2.22. The summed E-state index contributed by atoms with van der Waals surface area (Å²) in [6.45, 7) is 1.73. The molecule has 1 aromatic carbocycles. The van der Waals surface area contributed by atoms with E-state index in [1.807, 2.05) is 0 Å². The summed E-state index contributed by atoms with van der Waals surface area (Å²) >= 11 is 5.78. The second kappa shape index (κ2) is 9.67. The lowest BCUT2D eigenvalue weighted by Gasteiger charge is -2.18. The minimum absolute atomic E-state index is 0.0581. The number of hydrogen-bond acceptors (Lipinski definition) is 5. The maximum Gasteiger partial charge on any atom is 0.321 e. The van der Waals surface area contributed by atoms with Gasteiger partial charge in [0.25, 0.3) is 0 Å². The van der Waals surface area contributed by atoms with Gasteiger partial charge in [-0.3, -0.25) is 4.79 Å². The average Bonchev–Trinajstić information content (AvgIpc) is 2.51. The van der Waals surface area contributed by atoms with Crippen LogP contribution in [0.15, 0.2) is 29.7 Å². The first kappa shape index (κ1) is 19.6. The van der Waals surface area contributed by atoms with Crippen LogP contribution in [0.1, 0.15) is 12.5 Å². The van der Waals surface area contributed by atoms with Crippen LogP contribution in [0.5, 0.6) is 0 Å². The fourth-order valence-corrected chi connectivity index (χ4v) is 2.91. The molecule has 128 valence electrons. The number of rotatable bonds is 9. The minimum atomic E-state index is -3.78. The highest BCUT2D eigenvalue weighted by atomic mass is 35.5. The van der Waals surface area contributed by atoms with Gasteiger partial charge in [-0.25, -0.2) is 8.42 Å². The highest BCUT2D eigenvalue weighted by molar-refractivity contribution is 7.92. The molecule has 0 saturated heterocycles. The van der Waals surface area contributed by atoms with E-state index < -0.39 is 16.0 Å². The molecule has 0 N–H and O–H groups in total. The number of esters is 1. The number of benzene rings is 1. The summed E-state index contributed by atoms with van der Waals surface area (Å²) in [5.74, 6) is -0.605. The molecule has 1 rings (SSSR count). The van der Waals surface area contributed by atoms with Crippen molar-refractivity contribution in [1.29, 1.82) is 0 Å². The first-order chi connectivity index (χ1) is 10.9. The van der Waals surface area contributed by atoms with Crippen LogP contribution in [0.4, 0.5) is 0 Å². The molecule has 0 aromatic heterocycles. The SMILES string of the molecule is CCOC(=O)CN(CCOC)S(=O)(=O)/C=C/c1ccc(Cl)cc1. The lowest BCUT2D eigenvalue weighted by molar-refractivity contribution is -0.143. The van der Waals surface area contributed by atoms with Gasteiger partial charge in [-0.2, -0.15) is 4.31 Å². The predicted molar refractivity (Wildman–Crippen MR) is 89.5 cm³/mol. The molecule has 0 amide bonds. The van der Waals surface area contributed by atoms with E-state index in [0.717, 1.165) is 9.71 Å². The van der Waals surface area contributed by atoms with Crippen molar-refractivity contribution in [3.05, 3.63) is 40.3 Å². The van der Waals surface area contributed by atoms with Gasteiger partial charge >= 0.3 is 5.97 Å². The number of carbonyl (C=O) groups is 1. The van der Waals surface area contributed by atoms with Gasteiger partial charge in [0, 0.05) is 24.1 Å². The molecular formula is C15H20ClNO5S. The smallest absolute Gasteiger partial charge is 0.321 e. The van der Waals surface area contributed by atoms with E-state index in [-0.39, 0.29) is 26.3 Å². The van der Waals surface area contributed by atoms with Crippen LogP contribution < -0.4 is 0 Å². The van der Waals surface area contributed by atoms with Gasteiger partial charge in [0.2, 0.25) is 10.0 Å². The van der Waals surface area contributed by atoms with Gasteiger partial charge in [0.05, 0.1) is 13.2 Å². The number of sulfonamides is 1. The van der Waals surface area contributed by atoms with E-state index in [4.69, 9.17) is 21.1 Å². The molecule has 0 atom stereocenters. The Labute approximate surface area is 141 Å². The van der Waals surface area contributed by atoms with Crippen molar-refractivity contribution in [2.75, 3.05) is 33.4 Å². The summed E-state index contributed by atoms with van der Waals surface area (Å²) in [4.78, 5) is 11.6. The highest BCUT2D eigenvalue weighted by Crippen LogP contribution is 2.12. The Balaban J connectivity index is 2.88. The van der Waals surface area contributed by atoms with E-state index in [9.17, 15) is 13.2 Å². The number of hydrogen-bond donors (Lipinski definition) is 0. The zero-order valence-corrected chi connectivity index (χ0v) is 14.6. The molecule has 0 saturated carbocycles. The third-order valence-corrected chi connectivity index (χ3v) is 4.58. The van der Waals surface area contributed by atoms with Crippen LogP contribution >= 0.6 is 11.6 Å². The number of ether oxygens (including phenoxy) is 2. The molecular weight excluding hydrogens is 342 g/mol. The Morgan fingerprint density at radius 3 is 2.52 bits per heavy atom. The summed E-state index contributed by atoms with van der Waals surface area (Å²) in [6, 6.07) is 6.71. The Morgan fingerprint density at radius 1 is 1.30 bits per heavy atom. The van der Waals surface area contributed by atoms with Crippen LogP contribution in [-0.4, -0.2) is 52.1 Å². The molecule has 0 bridgehead atoms. The van der Waals surface area contributed by atoms with Gasteiger partial charge in [0.1, 0.15) is 6.54 Å². The molecule has 0 heterocycles. The first-order valence-corrected chi connectivity index (χ1v) is 8.85. The van der Waals surface area contributed by atoms with Gasteiger partial charge in [-0.05, 0) is 30.7 Å². The van der Waals surface area contributed by atoms with Crippen molar-refractivity contribution in [2.45, 2.75) is 6.92 Å². The van der Waals surface area contributed by atoms with Gasteiger partial charge in [-0.1, -0.05) is 23.7 Å². The van der Waals surface area contributed by atoms with Crippen molar-refractivity contribution < 1.29 is 22.7 Å². The zero-order chi connectivity index (χ0) is 17.3. The molecule has 0 radical (unpaired) electrons. The van der Waals surface area contributed by atoms with Crippen LogP contribution in [0.25, 0.3) is 6.08 Å². The van der Waals surface area contributed by atoms with Crippen molar-refractivity contribution in [2.24, 2.45) is 0 Å². The van der Waals surface area contributed by atoms with Crippen LogP contribution in [0, 0.1) is 0 Å². The van der Waals surface area contributed by atoms with Crippen molar-refractivity contribution >= 4 is 33.7 Å². The summed E-state index contributed by atoms with van der Waals surface area (Å²) in [7, 11) is -2.32. The molecule has 1 aromatic rings. The van der Waals surface area contributed by atoms with Gasteiger partial charge in [-0.15, -0.1) is 0 Å². The molecule has 0 aliphatic rings. The lowest BCUT2D eigenvalue weighted by atomic mass is 10.2. The van der Waals surface area contributed by atoms with E-state index >= 15 is 0 Å². The van der Waals surface area contributed by atoms with Crippen molar-refractivity contribution in [3.8, 4) is 0 Å². The Morgan fingerprint density at radius 2 is 1.96 bits per heavy atom. The topological polar surface area (TPSA) is 72.9 Å². The van der Waals surface area contributed by atoms with Gasteiger partial charge < -0.3 is 9.47 Å². The number of carbonyl (C=O) groups excluding carboxylic acids is 1. The summed E-state index contributed by atoms with van der Waals surface area (Å²) < 4.78 is 35.4. The average molecular weight is 362 g/mol. The van der Waals surface area contributed by atoms with E-state index in [2.05, 4.69) is 0 Å². The quantitative estimate of drug-likeness (QED) is 0.630. The minimum Gasteiger partial charge on any atom is -0.465 e. The Bertz CT molecular complexity index is 628. The zero-order valence-electron chi connectivity index (χ0n) is 13.1. The molecule has 0 unspecified atom stereocenters. The molecule has 6 nitrogen and oxygen atoms in total. The third kappa shape index (κ3) is 7.13. The van der Waals surface area contributed by atoms with Crippen LogP contribution in [0.2, 0.25) is 5.02 Å². The molecule has 0 aliphatic heterocycles. The summed E-state index contributed by atoms with van der Waals surface area (Å²) in [6.07, 6.45) is 1.44. The first-order valence-electron chi connectivity index (χ1n) is 6.97. The number of nitrogens with zero attached hydrogens (tertiary/aromatic N) is 1. The lowest BCUT2D eigenvalue weighted by Crippen LogP contribution is -2.37. The standard InChI is InChI=1S/C15H20ClNO5S/c1-3-22-15(18)12-17(9-10-21-2)23(19,20)11-8-13-4-6-14(16)7-5-13/h4-8,11H,3,9-10,12H2,1-2H3/b11-8+. The largest absolute Gasteiger partial charge is 0.465 e. The van der Waals surface area contributed by atoms with Gasteiger partial charge in [0.15, 0.2) is 0 Å². The second-order valence-electron chi connectivity index (χ2n) is 4.53. The van der Waals surface area contributed by atoms with E-state index in [1.54, 1.807) is 31.2 Å². The summed E-state index contributed by atoms with van der Waals surface area (Å²) in [5.41, 5.74) is 0.681. The predicted octanol–water partition coefficient (Wildman–Crippen LogP) is 2.15. The van der Waals surface area contributed by atoms with Crippen LogP contribution in [0.3, 0.4) is 0 Å². The molecule has 0 fully saturated rings. The normalized spacial score (nSPS) is 12.0. The van der Waals surface area contributed by atoms with Crippen LogP contribution in [-0.2, 0) is 24.3 Å². The second-order valence-corrected chi connectivity index (χ2v) is 6.79. The molecule has 0 spiro atoms. The number of methoxy groups -OCH3 is 1. The summed E-state index contributed by atoms with van der Waals surface area (Å²) in [5, 5.41) is 1.61. The molecule has 23 heavy (non-hydrogen) atoms. The van der Waals surface area contributed by atoms with Crippen molar-refractivity contribution in [1.82, 2.24) is 4.31 Å². The monoisotopic (exact) mass is 361 g/mol. The molecule has 0 aliphatic carbocycles. The van der Waals surface area contributed by atoms with Crippen molar-refractivity contribution in [3.63, 3.8) is 0 Å². The number of halogens is 1. The van der Waals surface area contributed by atoms with E-state index in [0.29, 0.717) is 10.6 Å². The molecule has 8 heteroatoms. The maximum atomic E-state index is 12.4. The fraction of sp³-hybridized carbons (Fsp3) is 0.400.